The zero-order valence-corrected chi connectivity index (χ0v) is 13.2. The Bertz CT molecular complexity index is 782. The lowest BCUT2D eigenvalue weighted by molar-refractivity contribution is 0.533. The molecule has 120 valence electrons. The molecule has 0 N–H and O–H groups in total. The maximum absolute atomic E-state index is 14.1. The molecular formula is C18H15F2O2S-. The SMILES string of the molecule is O=S([O-])Cc1ccc(C2=C(c3ccc(F)cc3)CCC2)cc1F. The molecule has 2 nitrogen and oxygen atoms in total. The Morgan fingerprint density at radius 1 is 0.957 bits per heavy atom. The second kappa shape index (κ2) is 6.72. The van der Waals surface area contributed by atoms with Crippen molar-refractivity contribution in [3.8, 4) is 0 Å². The van der Waals surface area contributed by atoms with Crippen molar-refractivity contribution >= 4 is 22.2 Å². The van der Waals surface area contributed by atoms with Crippen molar-refractivity contribution in [3.63, 3.8) is 0 Å². The third-order valence-corrected chi connectivity index (χ3v) is 4.63. The highest BCUT2D eigenvalue weighted by atomic mass is 32.2. The van der Waals surface area contributed by atoms with Gasteiger partial charge in [-0.3, -0.25) is 4.21 Å². The van der Waals surface area contributed by atoms with Crippen molar-refractivity contribution < 1.29 is 17.5 Å². The van der Waals surface area contributed by atoms with Crippen LogP contribution in [0.3, 0.4) is 0 Å². The van der Waals surface area contributed by atoms with Gasteiger partial charge >= 0.3 is 0 Å². The van der Waals surface area contributed by atoms with Crippen molar-refractivity contribution in [2.45, 2.75) is 25.0 Å². The first kappa shape index (κ1) is 16.0. The zero-order valence-electron chi connectivity index (χ0n) is 12.4. The molecule has 0 saturated carbocycles. The summed E-state index contributed by atoms with van der Waals surface area (Å²) in [6, 6.07) is 11.0. The first-order valence-corrected chi connectivity index (χ1v) is 8.61. The Morgan fingerprint density at radius 3 is 2.17 bits per heavy atom. The molecule has 1 aliphatic rings. The molecule has 0 radical (unpaired) electrons. The van der Waals surface area contributed by atoms with E-state index in [9.17, 15) is 17.5 Å². The van der Waals surface area contributed by atoms with E-state index in [-0.39, 0.29) is 17.1 Å². The molecule has 0 bridgehead atoms. The molecule has 0 spiro atoms. The van der Waals surface area contributed by atoms with Gasteiger partial charge in [-0.1, -0.05) is 35.3 Å². The maximum Gasteiger partial charge on any atom is 0.127 e. The third-order valence-electron chi connectivity index (χ3n) is 4.09. The minimum absolute atomic E-state index is 0.170. The molecule has 3 rings (SSSR count). The summed E-state index contributed by atoms with van der Waals surface area (Å²) in [5.41, 5.74) is 4.03. The number of halogens is 2. The molecule has 2 aromatic rings. The van der Waals surface area contributed by atoms with Gasteiger partial charge in [0.15, 0.2) is 0 Å². The van der Waals surface area contributed by atoms with Gasteiger partial charge < -0.3 is 4.55 Å². The summed E-state index contributed by atoms with van der Waals surface area (Å²) in [5, 5.41) is 0. The summed E-state index contributed by atoms with van der Waals surface area (Å²) in [5.74, 6) is -1.12. The van der Waals surface area contributed by atoms with Gasteiger partial charge in [-0.25, -0.2) is 8.78 Å². The van der Waals surface area contributed by atoms with Gasteiger partial charge in [0.2, 0.25) is 0 Å². The van der Waals surface area contributed by atoms with Crippen molar-refractivity contribution in [1.29, 1.82) is 0 Å². The average Bonchev–Trinajstić information content (AvgIpc) is 2.99. The molecule has 23 heavy (non-hydrogen) atoms. The minimum Gasteiger partial charge on any atom is -0.772 e. The predicted octanol–water partition coefficient (Wildman–Crippen LogP) is 4.44. The lowest BCUT2D eigenvalue weighted by Gasteiger charge is -2.11. The van der Waals surface area contributed by atoms with E-state index >= 15 is 0 Å². The molecule has 1 aliphatic carbocycles. The Labute approximate surface area is 136 Å². The van der Waals surface area contributed by atoms with E-state index in [0.29, 0.717) is 0 Å². The van der Waals surface area contributed by atoms with Crippen molar-refractivity contribution in [2.75, 3.05) is 0 Å². The predicted molar refractivity (Wildman–Crippen MR) is 86.1 cm³/mol. The topological polar surface area (TPSA) is 40.1 Å². The van der Waals surface area contributed by atoms with Gasteiger partial charge in [0.05, 0.1) is 0 Å². The molecule has 0 aliphatic heterocycles. The fourth-order valence-corrected chi connectivity index (χ4v) is 3.50. The molecule has 1 unspecified atom stereocenters. The van der Waals surface area contributed by atoms with Gasteiger partial charge in [0.25, 0.3) is 0 Å². The minimum atomic E-state index is -2.31. The Morgan fingerprint density at radius 2 is 1.57 bits per heavy atom. The van der Waals surface area contributed by atoms with Crippen LogP contribution in [0.4, 0.5) is 8.78 Å². The monoisotopic (exact) mass is 333 g/mol. The molecule has 0 amide bonds. The number of benzene rings is 2. The quantitative estimate of drug-likeness (QED) is 0.776. The van der Waals surface area contributed by atoms with Crippen molar-refractivity contribution in [3.05, 3.63) is 70.8 Å². The lowest BCUT2D eigenvalue weighted by atomic mass is 9.96. The highest BCUT2D eigenvalue weighted by Gasteiger charge is 2.18. The van der Waals surface area contributed by atoms with E-state index in [2.05, 4.69) is 0 Å². The molecule has 2 aromatic carbocycles. The molecule has 1 atom stereocenters. The molecular weight excluding hydrogens is 318 g/mol. The molecule has 0 heterocycles. The summed E-state index contributed by atoms with van der Waals surface area (Å²) in [6.07, 6.45) is 2.67. The Balaban J connectivity index is 1.98. The van der Waals surface area contributed by atoms with Gasteiger partial charge in [-0.05, 0) is 65.3 Å². The number of rotatable bonds is 4. The standard InChI is InChI=1S/C18H16F2O2S/c19-15-8-6-12(7-9-15)16-2-1-3-17(16)13-4-5-14(11-23(21)22)18(20)10-13/h4-10H,1-3,11H2,(H,21,22)/p-1. The average molecular weight is 333 g/mol. The van der Waals surface area contributed by atoms with Crippen LogP contribution in [0, 0.1) is 11.6 Å². The lowest BCUT2D eigenvalue weighted by Crippen LogP contribution is -1.98. The van der Waals surface area contributed by atoms with Crippen LogP contribution in [0.2, 0.25) is 0 Å². The van der Waals surface area contributed by atoms with Crippen LogP contribution in [-0.4, -0.2) is 8.76 Å². The van der Waals surface area contributed by atoms with Gasteiger partial charge in [-0.2, -0.15) is 0 Å². The molecule has 0 fully saturated rings. The van der Waals surface area contributed by atoms with E-state index in [4.69, 9.17) is 0 Å². The fraction of sp³-hybridized carbons (Fsp3) is 0.222. The van der Waals surface area contributed by atoms with Gasteiger partial charge in [0.1, 0.15) is 11.6 Å². The van der Waals surface area contributed by atoms with Gasteiger partial charge in [-0.15, -0.1) is 0 Å². The Kier molecular flexibility index (Phi) is 4.68. The van der Waals surface area contributed by atoms with E-state index in [1.165, 1.54) is 24.3 Å². The first-order valence-electron chi connectivity index (χ1n) is 7.37. The van der Waals surface area contributed by atoms with E-state index in [1.54, 1.807) is 18.2 Å². The molecule has 0 aromatic heterocycles. The van der Waals surface area contributed by atoms with Crippen LogP contribution >= 0.6 is 0 Å². The third kappa shape index (κ3) is 3.57. The second-order valence-corrected chi connectivity index (χ2v) is 6.47. The Hall–Kier alpha value is -1.85. The summed E-state index contributed by atoms with van der Waals surface area (Å²) in [6.45, 7) is 0. The van der Waals surface area contributed by atoms with Gasteiger partial charge in [0, 0.05) is 5.75 Å². The zero-order chi connectivity index (χ0) is 16.4. The number of allylic oxidation sites excluding steroid dienone is 2. The van der Waals surface area contributed by atoms with Crippen LogP contribution < -0.4 is 0 Å². The number of hydrogen-bond donors (Lipinski definition) is 0. The number of hydrogen-bond acceptors (Lipinski definition) is 2. The summed E-state index contributed by atoms with van der Waals surface area (Å²) < 4.78 is 48.6. The van der Waals surface area contributed by atoms with E-state index in [1.807, 2.05) is 0 Å². The maximum atomic E-state index is 14.1. The van der Waals surface area contributed by atoms with E-state index in [0.717, 1.165) is 41.5 Å². The van der Waals surface area contributed by atoms with Crippen LogP contribution in [0.15, 0.2) is 42.5 Å². The van der Waals surface area contributed by atoms with Crippen molar-refractivity contribution in [1.82, 2.24) is 0 Å². The van der Waals surface area contributed by atoms with Crippen LogP contribution in [0.5, 0.6) is 0 Å². The molecule has 5 heteroatoms. The summed E-state index contributed by atoms with van der Waals surface area (Å²) in [7, 11) is 0. The summed E-state index contributed by atoms with van der Waals surface area (Å²) in [4.78, 5) is 0. The van der Waals surface area contributed by atoms with E-state index < -0.39 is 16.9 Å². The normalized spacial score (nSPS) is 16.0. The summed E-state index contributed by atoms with van der Waals surface area (Å²) >= 11 is -2.31. The fourth-order valence-electron chi connectivity index (χ4n) is 3.01. The first-order chi connectivity index (χ1) is 11.0. The molecule has 0 saturated heterocycles. The smallest absolute Gasteiger partial charge is 0.127 e. The van der Waals surface area contributed by atoms with Crippen LogP contribution in [0.25, 0.3) is 11.1 Å². The largest absolute Gasteiger partial charge is 0.772 e. The van der Waals surface area contributed by atoms with Crippen LogP contribution in [-0.2, 0) is 16.8 Å². The highest BCUT2D eigenvalue weighted by molar-refractivity contribution is 7.78. The van der Waals surface area contributed by atoms with Crippen LogP contribution in [0.1, 0.15) is 36.0 Å². The van der Waals surface area contributed by atoms with Crippen molar-refractivity contribution in [2.24, 2.45) is 0 Å². The highest BCUT2D eigenvalue weighted by Crippen LogP contribution is 2.40. The second-order valence-electron chi connectivity index (χ2n) is 5.57.